The molecule has 0 amide bonds. The van der Waals surface area contributed by atoms with Gasteiger partial charge in [-0.2, -0.15) is 0 Å². The molecule has 1 unspecified atom stereocenters. The minimum atomic E-state index is 0.00714. The zero-order valence-electron chi connectivity index (χ0n) is 10.9. The molecule has 3 rings (SSSR count). The number of hydrogen-bond acceptors (Lipinski definition) is 3. The van der Waals surface area contributed by atoms with Crippen molar-refractivity contribution in [1.29, 1.82) is 0 Å². The molecule has 1 aliphatic rings. The van der Waals surface area contributed by atoms with E-state index in [1.807, 2.05) is 12.1 Å². The SMILES string of the molecule is Cc1nc2cc(N)ccc2n1C1(C)CCCOC1. The third-order valence-electron chi connectivity index (χ3n) is 3.80. The zero-order chi connectivity index (χ0) is 12.8. The van der Waals surface area contributed by atoms with Crippen LogP contribution in [0, 0.1) is 6.92 Å². The summed E-state index contributed by atoms with van der Waals surface area (Å²) in [5.74, 6) is 1.03. The Bertz CT molecular complexity index is 582. The fourth-order valence-electron chi connectivity index (χ4n) is 2.99. The van der Waals surface area contributed by atoms with Gasteiger partial charge in [0.2, 0.25) is 0 Å². The molecule has 2 heterocycles. The van der Waals surface area contributed by atoms with Crippen LogP contribution in [0.2, 0.25) is 0 Å². The van der Waals surface area contributed by atoms with Crippen LogP contribution in [0.25, 0.3) is 11.0 Å². The van der Waals surface area contributed by atoms with E-state index < -0.39 is 0 Å². The van der Waals surface area contributed by atoms with Crippen LogP contribution in [0.15, 0.2) is 18.2 Å². The highest BCUT2D eigenvalue weighted by atomic mass is 16.5. The van der Waals surface area contributed by atoms with Gasteiger partial charge in [-0.15, -0.1) is 0 Å². The van der Waals surface area contributed by atoms with Crippen molar-refractivity contribution < 1.29 is 4.74 Å². The number of benzene rings is 1. The summed E-state index contributed by atoms with van der Waals surface area (Å²) in [7, 11) is 0. The summed E-state index contributed by atoms with van der Waals surface area (Å²) in [6.45, 7) is 5.92. The number of imidazole rings is 1. The number of rotatable bonds is 1. The lowest BCUT2D eigenvalue weighted by Gasteiger charge is -2.36. The van der Waals surface area contributed by atoms with E-state index in [0.717, 1.165) is 48.6 Å². The molecule has 1 aromatic heterocycles. The molecule has 0 aliphatic carbocycles. The van der Waals surface area contributed by atoms with Crippen LogP contribution in [0.1, 0.15) is 25.6 Å². The predicted molar refractivity (Wildman–Crippen MR) is 72.6 cm³/mol. The van der Waals surface area contributed by atoms with E-state index >= 15 is 0 Å². The van der Waals surface area contributed by atoms with Crippen LogP contribution in [-0.4, -0.2) is 22.8 Å². The molecular formula is C14H19N3O. The van der Waals surface area contributed by atoms with Crippen LogP contribution in [0.3, 0.4) is 0 Å². The largest absolute Gasteiger partial charge is 0.399 e. The van der Waals surface area contributed by atoms with Gasteiger partial charge in [0.15, 0.2) is 0 Å². The van der Waals surface area contributed by atoms with Crippen LogP contribution < -0.4 is 5.73 Å². The van der Waals surface area contributed by atoms with E-state index in [-0.39, 0.29) is 5.54 Å². The van der Waals surface area contributed by atoms with Crippen LogP contribution >= 0.6 is 0 Å². The van der Waals surface area contributed by atoms with Gasteiger partial charge in [-0.3, -0.25) is 0 Å². The standard InChI is InChI=1S/C14H19N3O/c1-10-16-12-8-11(15)4-5-13(12)17(10)14(2)6-3-7-18-9-14/h4-5,8H,3,6-7,9,15H2,1-2H3. The molecule has 0 saturated carbocycles. The Morgan fingerprint density at radius 1 is 1.44 bits per heavy atom. The molecule has 0 bridgehead atoms. The van der Waals surface area contributed by atoms with Gasteiger partial charge in [-0.05, 0) is 44.9 Å². The van der Waals surface area contributed by atoms with Gasteiger partial charge < -0.3 is 15.0 Å². The molecule has 1 atom stereocenters. The minimum Gasteiger partial charge on any atom is -0.399 e. The Kier molecular flexibility index (Phi) is 2.55. The predicted octanol–water partition coefficient (Wildman–Crippen LogP) is 2.45. The van der Waals surface area contributed by atoms with Crippen molar-refractivity contribution in [2.75, 3.05) is 18.9 Å². The Balaban J connectivity index is 2.18. The minimum absolute atomic E-state index is 0.00714. The average Bonchev–Trinajstić information content (AvgIpc) is 2.65. The molecule has 2 N–H and O–H groups in total. The lowest BCUT2D eigenvalue weighted by atomic mass is 9.94. The van der Waals surface area contributed by atoms with Gasteiger partial charge in [0.25, 0.3) is 0 Å². The Morgan fingerprint density at radius 2 is 2.28 bits per heavy atom. The van der Waals surface area contributed by atoms with Gasteiger partial charge in [-0.25, -0.2) is 4.98 Å². The van der Waals surface area contributed by atoms with E-state index in [0.29, 0.717) is 0 Å². The summed E-state index contributed by atoms with van der Waals surface area (Å²) in [5.41, 5.74) is 8.71. The highest BCUT2D eigenvalue weighted by Gasteiger charge is 2.32. The number of ether oxygens (including phenoxy) is 1. The first-order valence-corrected chi connectivity index (χ1v) is 6.43. The van der Waals surface area contributed by atoms with Crippen molar-refractivity contribution in [1.82, 2.24) is 9.55 Å². The second-order valence-electron chi connectivity index (χ2n) is 5.40. The van der Waals surface area contributed by atoms with Crippen molar-refractivity contribution in [2.24, 2.45) is 0 Å². The topological polar surface area (TPSA) is 53.1 Å². The quantitative estimate of drug-likeness (QED) is 0.785. The molecule has 1 aliphatic heterocycles. The second kappa shape index (κ2) is 3.99. The van der Waals surface area contributed by atoms with E-state index in [1.54, 1.807) is 0 Å². The molecule has 1 fully saturated rings. The fourth-order valence-corrected chi connectivity index (χ4v) is 2.99. The molecule has 18 heavy (non-hydrogen) atoms. The molecule has 0 spiro atoms. The number of aryl methyl sites for hydroxylation is 1. The number of nitrogens with two attached hydrogens (primary N) is 1. The third-order valence-corrected chi connectivity index (χ3v) is 3.80. The Labute approximate surface area is 107 Å². The van der Waals surface area contributed by atoms with Crippen molar-refractivity contribution in [3.05, 3.63) is 24.0 Å². The van der Waals surface area contributed by atoms with Gasteiger partial charge in [-0.1, -0.05) is 0 Å². The summed E-state index contributed by atoms with van der Waals surface area (Å²) in [6, 6.07) is 5.93. The summed E-state index contributed by atoms with van der Waals surface area (Å²) in [4.78, 5) is 4.62. The highest BCUT2D eigenvalue weighted by molar-refractivity contribution is 5.80. The van der Waals surface area contributed by atoms with E-state index in [9.17, 15) is 0 Å². The second-order valence-corrected chi connectivity index (χ2v) is 5.40. The number of anilines is 1. The highest BCUT2D eigenvalue weighted by Crippen LogP contribution is 2.32. The maximum atomic E-state index is 5.82. The molecule has 1 aromatic carbocycles. The van der Waals surface area contributed by atoms with Crippen molar-refractivity contribution in [2.45, 2.75) is 32.2 Å². The maximum Gasteiger partial charge on any atom is 0.107 e. The zero-order valence-corrected chi connectivity index (χ0v) is 10.9. The number of hydrogen-bond donors (Lipinski definition) is 1. The normalized spacial score (nSPS) is 24.6. The molecule has 4 nitrogen and oxygen atoms in total. The summed E-state index contributed by atoms with van der Waals surface area (Å²) in [6.07, 6.45) is 2.23. The first-order chi connectivity index (χ1) is 8.60. The first-order valence-electron chi connectivity index (χ1n) is 6.43. The van der Waals surface area contributed by atoms with E-state index in [1.165, 1.54) is 0 Å². The van der Waals surface area contributed by atoms with Crippen molar-refractivity contribution in [3.8, 4) is 0 Å². The van der Waals surface area contributed by atoms with E-state index in [2.05, 4.69) is 29.5 Å². The van der Waals surface area contributed by atoms with Gasteiger partial charge >= 0.3 is 0 Å². The average molecular weight is 245 g/mol. The first kappa shape index (κ1) is 11.5. The Morgan fingerprint density at radius 3 is 3.00 bits per heavy atom. The number of nitrogens with zero attached hydrogens (tertiary/aromatic N) is 2. The molecular weight excluding hydrogens is 226 g/mol. The van der Waals surface area contributed by atoms with Gasteiger partial charge in [0.05, 0.1) is 23.2 Å². The maximum absolute atomic E-state index is 5.82. The van der Waals surface area contributed by atoms with Gasteiger partial charge in [0, 0.05) is 12.3 Å². The number of fused-ring (bicyclic) bond motifs is 1. The van der Waals surface area contributed by atoms with Crippen LogP contribution in [-0.2, 0) is 10.3 Å². The molecule has 2 aromatic rings. The van der Waals surface area contributed by atoms with Crippen molar-refractivity contribution in [3.63, 3.8) is 0 Å². The van der Waals surface area contributed by atoms with Gasteiger partial charge in [0.1, 0.15) is 5.82 Å². The van der Waals surface area contributed by atoms with Crippen LogP contribution in [0.4, 0.5) is 5.69 Å². The van der Waals surface area contributed by atoms with Crippen molar-refractivity contribution >= 4 is 16.7 Å². The fraction of sp³-hybridized carbons (Fsp3) is 0.500. The smallest absolute Gasteiger partial charge is 0.107 e. The summed E-state index contributed by atoms with van der Waals surface area (Å²) < 4.78 is 7.97. The van der Waals surface area contributed by atoms with E-state index in [4.69, 9.17) is 10.5 Å². The molecule has 4 heteroatoms. The molecule has 96 valence electrons. The number of aromatic nitrogens is 2. The lowest BCUT2D eigenvalue weighted by Crippen LogP contribution is -2.39. The lowest BCUT2D eigenvalue weighted by molar-refractivity contribution is 0.0105. The summed E-state index contributed by atoms with van der Waals surface area (Å²) >= 11 is 0. The summed E-state index contributed by atoms with van der Waals surface area (Å²) in [5, 5.41) is 0. The van der Waals surface area contributed by atoms with Crippen LogP contribution in [0.5, 0.6) is 0 Å². The monoisotopic (exact) mass is 245 g/mol. The number of nitrogen functional groups attached to an aromatic ring is 1. The molecule has 1 saturated heterocycles. The Hall–Kier alpha value is -1.55. The third kappa shape index (κ3) is 1.68. The molecule has 0 radical (unpaired) electrons.